The molecule has 1 aliphatic rings. The fourth-order valence-corrected chi connectivity index (χ4v) is 4.96. The van der Waals surface area contributed by atoms with E-state index >= 15 is 0 Å². The van der Waals surface area contributed by atoms with Crippen molar-refractivity contribution in [2.75, 3.05) is 37.3 Å². The molecular weight excluding hydrogens is 347 g/mol. The van der Waals surface area contributed by atoms with E-state index in [9.17, 15) is 12.8 Å². The van der Waals surface area contributed by atoms with E-state index in [2.05, 4.69) is 11.0 Å². The monoisotopic (exact) mass is 366 g/mol. The molecular formula is C17H19FN2O2S2. The molecule has 1 saturated heterocycles. The third-order valence-corrected chi connectivity index (χ3v) is 6.84. The van der Waals surface area contributed by atoms with Crippen LogP contribution in [0.3, 0.4) is 0 Å². The minimum Gasteiger partial charge on any atom is -0.368 e. The van der Waals surface area contributed by atoms with Crippen LogP contribution in [0.5, 0.6) is 0 Å². The molecule has 2 aromatic carbocycles. The Morgan fingerprint density at radius 3 is 2.25 bits per heavy atom. The number of halogens is 1. The minimum absolute atomic E-state index is 0.247. The highest BCUT2D eigenvalue weighted by Gasteiger charge is 2.30. The van der Waals surface area contributed by atoms with Crippen molar-refractivity contribution < 1.29 is 12.8 Å². The van der Waals surface area contributed by atoms with E-state index in [0.717, 1.165) is 5.69 Å². The van der Waals surface area contributed by atoms with Crippen LogP contribution in [0.15, 0.2) is 58.3 Å². The number of thioether (sulfide) groups is 1. The number of hydrogen-bond acceptors (Lipinski definition) is 4. The number of rotatable bonds is 4. The van der Waals surface area contributed by atoms with Crippen LogP contribution in [0.1, 0.15) is 0 Å². The molecule has 1 heterocycles. The Bertz CT molecular complexity index is 819. The normalized spacial score (nSPS) is 16.3. The van der Waals surface area contributed by atoms with Crippen LogP contribution in [-0.4, -0.2) is 45.2 Å². The Morgan fingerprint density at radius 1 is 0.958 bits per heavy atom. The van der Waals surface area contributed by atoms with Crippen LogP contribution in [0.25, 0.3) is 0 Å². The molecule has 0 unspecified atom stereocenters. The van der Waals surface area contributed by atoms with Gasteiger partial charge >= 0.3 is 0 Å². The van der Waals surface area contributed by atoms with Crippen LogP contribution in [0, 0.1) is 5.82 Å². The van der Waals surface area contributed by atoms with E-state index in [1.807, 2.05) is 24.5 Å². The van der Waals surface area contributed by atoms with Crippen molar-refractivity contribution in [3.05, 3.63) is 54.3 Å². The predicted octanol–water partition coefficient (Wildman–Crippen LogP) is 3.06. The van der Waals surface area contributed by atoms with Crippen molar-refractivity contribution in [1.29, 1.82) is 0 Å². The zero-order valence-corrected chi connectivity index (χ0v) is 15.0. The summed E-state index contributed by atoms with van der Waals surface area (Å²) < 4.78 is 40.5. The molecule has 0 N–H and O–H groups in total. The lowest BCUT2D eigenvalue weighted by atomic mass is 10.2. The fraction of sp³-hybridized carbons (Fsp3) is 0.294. The van der Waals surface area contributed by atoms with Crippen molar-refractivity contribution in [3.63, 3.8) is 0 Å². The van der Waals surface area contributed by atoms with Crippen LogP contribution in [0.4, 0.5) is 10.1 Å². The molecule has 1 fully saturated rings. The van der Waals surface area contributed by atoms with Gasteiger partial charge in [-0.1, -0.05) is 24.3 Å². The first-order valence-corrected chi connectivity index (χ1v) is 10.3. The number of nitrogens with zero attached hydrogens (tertiary/aromatic N) is 2. The standard InChI is InChI=1S/C17H19FN2O2S2/c1-23-16-8-4-3-7-15(16)19-10-12-20(13-11-19)24(21,22)17-9-5-2-6-14(17)18/h2-9H,10-13H2,1H3. The summed E-state index contributed by atoms with van der Waals surface area (Å²) in [5.41, 5.74) is 1.12. The van der Waals surface area contributed by atoms with Gasteiger partial charge in [0.25, 0.3) is 0 Å². The number of anilines is 1. The van der Waals surface area contributed by atoms with Crippen LogP contribution < -0.4 is 4.90 Å². The smallest absolute Gasteiger partial charge is 0.246 e. The van der Waals surface area contributed by atoms with Crippen LogP contribution in [-0.2, 0) is 10.0 Å². The Labute approximate surface area is 146 Å². The first-order chi connectivity index (χ1) is 11.5. The summed E-state index contributed by atoms with van der Waals surface area (Å²) in [5, 5.41) is 0. The third-order valence-electron chi connectivity index (χ3n) is 4.12. The quantitative estimate of drug-likeness (QED) is 0.780. The van der Waals surface area contributed by atoms with Gasteiger partial charge in [0.2, 0.25) is 10.0 Å². The number of para-hydroxylation sites is 1. The Hall–Kier alpha value is -1.57. The molecule has 3 rings (SSSR count). The van der Waals surface area contributed by atoms with E-state index in [1.165, 1.54) is 27.4 Å². The van der Waals surface area contributed by atoms with Gasteiger partial charge < -0.3 is 4.90 Å². The van der Waals surface area contributed by atoms with Crippen molar-refractivity contribution in [2.45, 2.75) is 9.79 Å². The lowest BCUT2D eigenvalue weighted by Gasteiger charge is -2.36. The van der Waals surface area contributed by atoms with Gasteiger partial charge in [-0.15, -0.1) is 11.8 Å². The highest BCUT2D eigenvalue weighted by Crippen LogP contribution is 2.30. The topological polar surface area (TPSA) is 40.6 Å². The fourth-order valence-electron chi connectivity index (χ4n) is 2.85. The number of hydrogen-bond donors (Lipinski definition) is 0. The molecule has 0 amide bonds. The molecule has 0 aliphatic carbocycles. The van der Waals surface area contributed by atoms with Crippen LogP contribution >= 0.6 is 11.8 Å². The maximum absolute atomic E-state index is 13.9. The van der Waals surface area contributed by atoms with Gasteiger partial charge in [-0.05, 0) is 30.5 Å². The lowest BCUT2D eigenvalue weighted by molar-refractivity contribution is 0.382. The minimum atomic E-state index is -3.79. The third kappa shape index (κ3) is 3.29. The van der Waals surface area contributed by atoms with Gasteiger partial charge in [0.1, 0.15) is 10.7 Å². The summed E-state index contributed by atoms with van der Waals surface area (Å²) in [5.74, 6) is -0.701. The Kier molecular flexibility index (Phi) is 5.12. The summed E-state index contributed by atoms with van der Waals surface area (Å²) in [6, 6.07) is 13.6. The zero-order chi connectivity index (χ0) is 17.2. The van der Waals surface area contributed by atoms with Crippen molar-refractivity contribution in [2.24, 2.45) is 0 Å². The SMILES string of the molecule is CSc1ccccc1N1CCN(S(=O)(=O)c2ccccc2F)CC1. The van der Waals surface area contributed by atoms with Gasteiger partial charge in [0.15, 0.2) is 0 Å². The molecule has 7 heteroatoms. The Morgan fingerprint density at radius 2 is 1.58 bits per heavy atom. The van der Waals surface area contributed by atoms with Crippen molar-refractivity contribution in [1.82, 2.24) is 4.31 Å². The second-order valence-electron chi connectivity index (χ2n) is 5.49. The van der Waals surface area contributed by atoms with E-state index in [-0.39, 0.29) is 4.90 Å². The second kappa shape index (κ2) is 7.13. The summed E-state index contributed by atoms with van der Waals surface area (Å²) in [4.78, 5) is 3.10. The zero-order valence-electron chi connectivity index (χ0n) is 13.4. The Balaban J connectivity index is 1.77. The molecule has 0 aromatic heterocycles. The molecule has 0 spiro atoms. The number of sulfonamides is 1. The van der Waals surface area contributed by atoms with Gasteiger partial charge in [0.05, 0.1) is 5.69 Å². The summed E-state index contributed by atoms with van der Waals surface area (Å²) in [6.45, 7) is 1.87. The van der Waals surface area contributed by atoms with Gasteiger partial charge in [-0.25, -0.2) is 12.8 Å². The van der Waals surface area contributed by atoms with Crippen molar-refractivity contribution >= 4 is 27.5 Å². The molecule has 0 bridgehead atoms. The van der Waals surface area contributed by atoms with Crippen molar-refractivity contribution in [3.8, 4) is 0 Å². The van der Waals surface area contributed by atoms with Gasteiger partial charge in [-0.3, -0.25) is 0 Å². The maximum atomic E-state index is 13.9. The maximum Gasteiger partial charge on any atom is 0.246 e. The average molecular weight is 366 g/mol. The molecule has 128 valence electrons. The van der Waals surface area contributed by atoms with Gasteiger partial charge in [-0.2, -0.15) is 4.31 Å². The molecule has 4 nitrogen and oxygen atoms in total. The highest BCUT2D eigenvalue weighted by molar-refractivity contribution is 7.98. The summed E-state index contributed by atoms with van der Waals surface area (Å²) in [7, 11) is -3.79. The average Bonchev–Trinajstić information content (AvgIpc) is 2.62. The molecule has 0 atom stereocenters. The number of benzene rings is 2. The highest BCUT2D eigenvalue weighted by atomic mass is 32.2. The van der Waals surface area contributed by atoms with E-state index in [4.69, 9.17) is 0 Å². The van der Waals surface area contributed by atoms with Crippen LogP contribution in [0.2, 0.25) is 0 Å². The molecule has 2 aromatic rings. The van der Waals surface area contributed by atoms with E-state index < -0.39 is 15.8 Å². The largest absolute Gasteiger partial charge is 0.368 e. The van der Waals surface area contributed by atoms with Gasteiger partial charge in [0, 0.05) is 31.1 Å². The molecule has 0 radical (unpaired) electrons. The second-order valence-corrected chi connectivity index (χ2v) is 8.25. The predicted molar refractivity (Wildman–Crippen MR) is 95.6 cm³/mol. The lowest BCUT2D eigenvalue weighted by Crippen LogP contribution is -2.49. The molecule has 0 saturated carbocycles. The van der Waals surface area contributed by atoms with E-state index in [0.29, 0.717) is 26.2 Å². The summed E-state index contributed by atoms with van der Waals surface area (Å²) >= 11 is 1.67. The van der Waals surface area contributed by atoms with E-state index in [1.54, 1.807) is 17.8 Å². The first kappa shape index (κ1) is 17.3. The molecule has 24 heavy (non-hydrogen) atoms. The summed E-state index contributed by atoms with van der Waals surface area (Å²) in [6.07, 6.45) is 2.03. The number of piperazine rings is 1. The molecule has 1 aliphatic heterocycles. The first-order valence-electron chi connectivity index (χ1n) is 7.66.